The number of carboxylic acid groups (broad SMARTS) is 1. The monoisotopic (exact) mass is 186 g/mol. The van der Waals surface area contributed by atoms with Gasteiger partial charge in [0.05, 0.1) is 17.6 Å². The van der Waals surface area contributed by atoms with Crippen LogP contribution in [0, 0.1) is 0 Å². The Balaban J connectivity index is 2.91. The number of aromatic nitrogens is 2. The van der Waals surface area contributed by atoms with E-state index in [9.17, 15) is 4.79 Å². The SMILES string of the molecule is CSc1c(CC(=O)O)cnn1C. The minimum absolute atomic E-state index is 0.0456. The van der Waals surface area contributed by atoms with Gasteiger partial charge in [-0.15, -0.1) is 11.8 Å². The first-order valence-electron chi connectivity index (χ1n) is 3.41. The number of hydrogen-bond donors (Lipinski definition) is 1. The third-order valence-electron chi connectivity index (χ3n) is 1.49. The van der Waals surface area contributed by atoms with Gasteiger partial charge in [0.25, 0.3) is 0 Å². The summed E-state index contributed by atoms with van der Waals surface area (Å²) in [5.74, 6) is -0.821. The molecule has 1 rings (SSSR count). The van der Waals surface area contributed by atoms with E-state index in [-0.39, 0.29) is 6.42 Å². The lowest BCUT2D eigenvalue weighted by atomic mass is 10.3. The van der Waals surface area contributed by atoms with Gasteiger partial charge in [0, 0.05) is 12.6 Å². The lowest BCUT2D eigenvalue weighted by Crippen LogP contribution is -2.01. The molecule has 0 aliphatic heterocycles. The number of carbonyl (C=O) groups is 1. The average Bonchev–Trinajstić information content (AvgIpc) is 2.30. The van der Waals surface area contributed by atoms with Crippen molar-refractivity contribution in [2.24, 2.45) is 7.05 Å². The standard InChI is InChI=1S/C7H10N2O2S/c1-9-7(12-2)5(4-8-9)3-6(10)11/h4H,3H2,1-2H3,(H,10,11). The molecule has 0 aromatic carbocycles. The minimum atomic E-state index is -0.821. The number of nitrogens with zero attached hydrogens (tertiary/aromatic N) is 2. The number of rotatable bonds is 3. The van der Waals surface area contributed by atoms with E-state index < -0.39 is 5.97 Å². The Bertz CT molecular complexity index is 296. The molecule has 12 heavy (non-hydrogen) atoms. The fraction of sp³-hybridized carbons (Fsp3) is 0.429. The predicted molar refractivity (Wildman–Crippen MR) is 46.3 cm³/mol. The van der Waals surface area contributed by atoms with Crippen molar-refractivity contribution in [3.05, 3.63) is 11.8 Å². The van der Waals surface area contributed by atoms with Gasteiger partial charge in [0.2, 0.25) is 0 Å². The number of aliphatic carboxylic acids is 1. The first kappa shape index (κ1) is 9.12. The molecule has 1 heterocycles. The van der Waals surface area contributed by atoms with E-state index in [4.69, 9.17) is 5.11 Å². The summed E-state index contributed by atoms with van der Waals surface area (Å²) in [7, 11) is 1.80. The molecule has 0 aliphatic rings. The maximum absolute atomic E-state index is 10.4. The van der Waals surface area contributed by atoms with Gasteiger partial charge >= 0.3 is 5.97 Å². The van der Waals surface area contributed by atoms with Crippen molar-refractivity contribution in [2.75, 3.05) is 6.26 Å². The van der Waals surface area contributed by atoms with E-state index in [0.717, 1.165) is 10.6 Å². The van der Waals surface area contributed by atoms with Gasteiger partial charge in [-0.3, -0.25) is 9.48 Å². The van der Waals surface area contributed by atoms with Gasteiger partial charge < -0.3 is 5.11 Å². The van der Waals surface area contributed by atoms with Crippen LogP contribution in [0.15, 0.2) is 11.2 Å². The van der Waals surface area contributed by atoms with E-state index in [1.165, 1.54) is 11.8 Å². The van der Waals surface area contributed by atoms with Crippen LogP contribution in [-0.2, 0) is 18.3 Å². The maximum Gasteiger partial charge on any atom is 0.307 e. The molecule has 0 amide bonds. The van der Waals surface area contributed by atoms with Gasteiger partial charge in [-0.05, 0) is 6.26 Å². The van der Waals surface area contributed by atoms with Crippen LogP contribution in [-0.4, -0.2) is 27.1 Å². The molecule has 4 nitrogen and oxygen atoms in total. The molecule has 66 valence electrons. The highest BCUT2D eigenvalue weighted by Gasteiger charge is 2.09. The first-order chi connectivity index (χ1) is 5.65. The normalized spacial score (nSPS) is 10.2. The summed E-state index contributed by atoms with van der Waals surface area (Å²) >= 11 is 1.51. The number of aryl methyl sites for hydroxylation is 1. The molecule has 0 aliphatic carbocycles. The molecule has 0 saturated carbocycles. The third-order valence-corrected chi connectivity index (χ3v) is 2.40. The first-order valence-corrected chi connectivity index (χ1v) is 4.64. The highest BCUT2D eigenvalue weighted by Crippen LogP contribution is 2.19. The lowest BCUT2D eigenvalue weighted by Gasteiger charge is -1.98. The molecule has 0 saturated heterocycles. The largest absolute Gasteiger partial charge is 0.481 e. The Morgan fingerprint density at radius 3 is 3.00 bits per heavy atom. The van der Waals surface area contributed by atoms with Crippen LogP contribution >= 0.6 is 11.8 Å². The van der Waals surface area contributed by atoms with Gasteiger partial charge in [-0.25, -0.2) is 0 Å². The van der Waals surface area contributed by atoms with Gasteiger partial charge in [-0.2, -0.15) is 5.10 Å². The maximum atomic E-state index is 10.4. The van der Waals surface area contributed by atoms with E-state index >= 15 is 0 Å². The second kappa shape index (κ2) is 3.62. The zero-order chi connectivity index (χ0) is 9.14. The van der Waals surface area contributed by atoms with E-state index in [2.05, 4.69) is 5.10 Å². The van der Waals surface area contributed by atoms with Crippen molar-refractivity contribution in [1.82, 2.24) is 9.78 Å². The minimum Gasteiger partial charge on any atom is -0.481 e. The molecular weight excluding hydrogens is 176 g/mol. The molecule has 0 unspecified atom stereocenters. The fourth-order valence-electron chi connectivity index (χ4n) is 1.02. The molecule has 0 radical (unpaired) electrons. The Morgan fingerprint density at radius 2 is 2.50 bits per heavy atom. The van der Waals surface area contributed by atoms with Crippen LogP contribution in [0.1, 0.15) is 5.56 Å². The summed E-state index contributed by atoms with van der Waals surface area (Å²) in [6.07, 6.45) is 3.55. The smallest absolute Gasteiger partial charge is 0.307 e. The van der Waals surface area contributed by atoms with E-state index in [1.54, 1.807) is 17.9 Å². The summed E-state index contributed by atoms with van der Waals surface area (Å²) < 4.78 is 1.68. The van der Waals surface area contributed by atoms with Crippen LogP contribution in [0.2, 0.25) is 0 Å². The van der Waals surface area contributed by atoms with Crippen molar-refractivity contribution < 1.29 is 9.90 Å². The molecular formula is C7H10N2O2S. The average molecular weight is 186 g/mol. The summed E-state index contributed by atoms with van der Waals surface area (Å²) in [4.78, 5) is 10.4. The summed E-state index contributed by atoms with van der Waals surface area (Å²) in [5, 5.41) is 13.4. The fourth-order valence-corrected chi connectivity index (χ4v) is 1.72. The van der Waals surface area contributed by atoms with Crippen LogP contribution in [0.4, 0.5) is 0 Å². The van der Waals surface area contributed by atoms with Gasteiger partial charge in [0.15, 0.2) is 0 Å². The van der Waals surface area contributed by atoms with Crippen molar-refractivity contribution in [3.63, 3.8) is 0 Å². The van der Waals surface area contributed by atoms with Crippen LogP contribution in [0.5, 0.6) is 0 Å². The highest BCUT2D eigenvalue weighted by atomic mass is 32.2. The number of thioether (sulfide) groups is 1. The third kappa shape index (κ3) is 1.79. The molecule has 1 aromatic rings. The Labute approximate surface area is 74.6 Å². The zero-order valence-corrected chi connectivity index (χ0v) is 7.76. The number of carboxylic acids is 1. The molecule has 0 atom stereocenters. The molecule has 1 N–H and O–H groups in total. The van der Waals surface area contributed by atoms with Gasteiger partial charge in [0.1, 0.15) is 0 Å². The summed E-state index contributed by atoms with van der Waals surface area (Å²) in [6, 6.07) is 0. The molecule has 0 bridgehead atoms. The van der Waals surface area contributed by atoms with E-state index in [0.29, 0.717) is 0 Å². The topological polar surface area (TPSA) is 55.1 Å². The Kier molecular flexibility index (Phi) is 2.75. The zero-order valence-electron chi connectivity index (χ0n) is 6.94. The van der Waals surface area contributed by atoms with Crippen molar-refractivity contribution in [2.45, 2.75) is 11.4 Å². The summed E-state index contributed by atoms with van der Waals surface area (Å²) in [5.41, 5.74) is 0.775. The summed E-state index contributed by atoms with van der Waals surface area (Å²) in [6.45, 7) is 0. The van der Waals surface area contributed by atoms with E-state index in [1.807, 2.05) is 6.26 Å². The Hall–Kier alpha value is -0.970. The quantitative estimate of drug-likeness (QED) is 0.708. The second-order valence-corrected chi connectivity index (χ2v) is 3.17. The molecule has 0 spiro atoms. The van der Waals surface area contributed by atoms with Crippen molar-refractivity contribution in [1.29, 1.82) is 0 Å². The van der Waals surface area contributed by atoms with Crippen LogP contribution in [0.3, 0.4) is 0 Å². The number of hydrogen-bond acceptors (Lipinski definition) is 3. The second-order valence-electron chi connectivity index (χ2n) is 2.37. The lowest BCUT2D eigenvalue weighted by molar-refractivity contribution is -0.136. The Morgan fingerprint density at radius 1 is 1.83 bits per heavy atom. The van der Waals surface area contributed by atoms with Crippen LogP contribution in [0.25, 0.3) is 0 Å². The molecule has 0 fully saturated rings. The molecule has 5 heteroatoms. The molecule has 1 aromatic heterocycles. The predicted octanol–water partition coefficient (Wildman–Crippen LogP) is 0.769. The highest BCUT2D eigenvalue weighted by molar-refractivity contribution is 7.98. The van der Waals surface area contributed by atoms with Gasteiger partial charge in [-0.1, -0.05) is 0 Å². The van der Waals surface area contributed by atoms with Crippen LogP contribution < -0.4 is 0 Å². The van der Waals surface area contributed by atoms with Crippen molar-refractivity contribution in [3.8, 4) is 0 Å². The van der Waals surface area contributed by atoms with Crippen molar-refractivity contribution >= 4 is 17.7 Å².